The van der Waals surface area contributed by atoms with Crippen LogP contribution in [0.1, 0.15) is 18.1 Å². The molecule has 0 spiro atoms. The Hall–Kier alpha value is -2.15. The van der Waals surface area contributed by atoms with Crippen molar-refractivity contribution in [3.63, 3.8) is 0 Å². The van der Waals surface area contributed by atoms with Crippen molar-refractivity contribution in [3.05, 3.63) is 70.3 Å². The van der Waals surface area contributed by atoms with Gasteiger partial charge in [0.05, 0.1) is 17.1 Å². The second-order valence-electron chi connectivity index (χ2n) is 5.58. The topological polar surface area (TPSA) is 72.5 Å². The van der Waals surface area contributed by atoms with Gasteiger partial charge < -0.3 is 4.74 Å². The molecule has 2 rings (SSSR count). The van der Waals surface area contributed by atoms with Gasteiger partial charge in [-0.15, -0.1) is 0 Å². The van der Waals surface area contributed by atoms with Crippen LogP contribution in [0, 0.1) is 6.92 Å². The van der Waals surface area contributed by atoms with Gasteiger partial charge in [-0.3, -0.25) is 0 Å². The van der Waals surface area contributed by atoms with Gasteiger partial charge in [0.25, 0.3) is 0 Å². The van der Waals surface area contributed by atoms with Crippen molar-refractivity contribution in [2.75, 3.05) is 13.2 Å². The predicted octanol–water partition coefficient (Wildman–Crippen LogP) is 3.57. The van der Waals surface area contributed by atoms with E-state index in [2.05, 4.69) is 4.72 Å². The lowest BCUT2D eigenvalue weighted by Gasteiger charge is -2.10. The Balaban J connectivity index is 2.22. The molecular weight excluding hydrogens is 374 g/mol. The van der Waals surface area contributed by atoms with Crippen LogP contribution < -0.4 is 4.72 Å². The minimum absolute atomic E-state index is 0.137. The van der Waals surface area contributed by atoms with Gasteiger partial charge in [0.15, 0.2) is 0 Å². The molecule has 7 heteroatoms. The zero-order valence-corrected chi connectivity index (χ0v) is 16.1. The van der Waals surface area contributed by atoms with Crippen molar-refractivity contribution in [3.8, 4) is 0 Å². The lowest BCUT2D eigenvalue weighted by molar-refractivity contribution is -0.138. The smallest absolute Gasteiger partial charge is 0.335 e. The van der Waals surface area contributed by atoms with Crippen molar-refractivity contribution in [2.45, 2.75) is 18.7 Å². The van der Waals surface area contributed by atoms with Crippen molar-refractivity contribution < 1.29 is 17.9 Å². The summed E-state index contributed by atoms with van der Waals surface area (Å²) in [5, 5.41) is 0.569. The molecule has 0 saturated heterocycles. The minimum Gasteiger partial charge on any atom is -0.463 e. The summed E-state index contributed by atoms with van der Waals surface area (Å²) in [6.07, 6.45) is 1.58. The van der Waals surface area contributed by atoms with Crippen LogP contribution >= 0.6 is 11.6 Å². The third kappa shape index (κ3) is 5.69. The van der Waals surface area contributed by atoms with Gasteiger partial charge in [-0.05, 0) is 49.8 Å². The molecule has 0 aliphatic heterocycles. The Kier molecular flexibility index (Phi) is 6.97. The molecule has 26 heavy (non-hydrogen) atoms. The maximum absolute atomic E-state index is 12.4. The summed E-state index contributed by atoms with van der Waals surface area (Å²) < 4.78 is 32.3. The van der Waals surface area contributed by atoms with Crippen molar-refractivity contribution >= 4 is 33.7 Å². The van der Waals surface area contributed by atoms with Gasteiger partial charge in [-0.2, -0.15) is 0 Å². The van der Waals surface area contributed by atoms with Gasteiger partial charge in [0.1, 0.15) is 0 Å². The van der Waals surface area contributed by atoms with E-state index in [4.69, 9.17) is 16.3 Å². The maximum Gasteiger partial charge on any atom is 0.335 e. The molecule has 0 aromatic heterocycles. The number of hydrogen-bond acceptors (Lipinski definition) is 4. The van der Waals surface area contributed by atoms with Crippen LogP contribution in [0.3, 0.4) is 0 Å². The second-order valence-corrected chi connectivity index (χ2v) is 7.78. The van der Waals surface area contributed by atoms with Crippen molar-refractivity contribution in [1.82, 2.24) is 4.72 Å². The first-order valence-corrected chi connectivity index (χ1v) is 9.87. The SMILES string of the molecule is CCOC(=O)/C(=C/c1ccc(Cl)cc1)CNS(=O)(=O)c1ccc(C)cc1. The van der Waals surface area contributed by atoms with Crippen LogP contribution in [0.25, 0.3) is 6.08 Å². The zero-order valence-electron chi connectivity index (χ0n) is 14.5. The quantitative estimate of drug-likeness (QED) is 0.576. The number of rotatable bonds is 7. The first kappa shape index (κ1) is 20.2. The van der Waals surface area contributed by atoms with Gasteiger partial charge in [-0.1, -0.05) is 41.4 Å². The first-order valence-electron chi connectivity index (χ1n) is 8.01. The molecule has 0 unspecified atom stereocenters. The molecule has 0 amide bonds. The number of benzene rings is 2. The van der Waals surface area contributed by atoms with Crippen molar-refractivity contribution in [2.24, 2.45) is 0 Å². The van der Waals surface area contributed by atoms with Crippen molar-refractivity contribution in [1.29, 1.82) is 0 Å². The van der Waals surface area contributed by atoms with Crippen LogP contribution in [0.4, 0.5) is 0 Å². The van der Waals surface area contributed by atoms with Crippen LogP contribution in [0.5, 0.6) is 0 Å². The molecule has 0 aliphatic rings. The molecule has 138 valence electrons. The number of carbonyl (C=O) groups is 1. The summed E-state index contributed by atoms with van der Waals surface area (Å²) in [5.41, 5.74) is 1.87. The van der Waals surface area contributed by atoms with Gasteiger partial charge in [0.2, 0.25) is 10.0 Å². The Morgan fingerprint density at radius 2 is 1.73 bits per heavy atom. The zero-order chi connectivity index (χ0) is 19.2. The number of nitrogens with one attached hydrogen (secondary N) is 1. The van der Waals surface area contributed by atoms with Crippen LogP contribution in [0.2, 0.25) is 5.02 Å². The largest absolute Gasteiger partial charge is 0.463 e. The number of ether oxygens (including phenoxy) is 1. The van der Waals surface area contributed by atoms with E-state index >= 15 is 0 Å². The highest BCUT2D eigenvalue weighted by molar-refractivity contribution is 7.89. The normalized spacial score (nSPS) is 12.0. The van der Waals surface area contributed by atoms with E-state index in [0.29, 0.717) is 10.6 Å². The molecule has 2 aromatic rings. The number of sulfonamides is 1. The fourth-order valence-electron chi connectivity index (χ4n) is 2.14. The molecule has 5 nitrogen and oxygen atoms in total. The predicted molar refractivity (Wildman–Crippen MR) is 102 cm³/mol. The lowest BCUT2D eigenvalue weighted by Crippen LogP contribution is -2.28. The summed E-state index contributed by atoms with van der Waals surface area (Å²) in [6.45, 7) is 3.57. The highest BCUT2D eigenvalue weighted by Crippen LogP contribution is 2.14. The third-order valence-corrected chi connectivity index (χ3v) is 5.20. The molecule has 0 bridgehead atoms. The van der Waals surface area contributed by atoms with Crippen LogP contribution in [-0.4, -0.2) is 27.5 Å². The van der Waals surface area contributed by atoms with E-state index < -0.39 is 16.0 Å². The molecule has 0 radical (unpaired) electrons. The number of esters is 1. The first-order chi connectivity index (χ1) is 12.3. The summed E-state index contributed by atoms with van der Waals surface area (Å²) in [6, 6.07) is 13.3. The van der Waals surface area contributed by atoms with E-state index in [1.807, 2.05) is 6.92 Å². The second kappa shape index (κ2) is 8.98. The molecule has 0 aliphatic carbocycles. The maximum atomic E-state index is 12.4. The molecule has 0 atom stereocenters. The fourth-order valence-corrected chi connectivity index (χ4v) is 3.27. The van der Waals surface area contributed by atoms with E-state index in [0.717, 1.165) is 5.56 Å². The summed E-state index contributed by atoms with van der Waals surface area (Å²) in [5.74, 6) is -0.575. The molecular formula is C19H20ClNO4S. The standard InChI is InChI=1S/C19H20ClNO4S/c1-3-25-19(22)16(12-15-6-8-17(20)9-7-15)13-21-26(23,24)18-10-4-14(2)5-11-18/h4-12,21H,3,13H2,1-2H3/b16-12+. The number of carbonyl (C=O) groups excluding carboxylic acids is 1. The van der Waals surface area contributed by atoms with E-state index in [9.17, 15) is 13.2 Å². The van der Waals surface area contributed by atoms with E-state index in [1.54, 1.807) is 49.4 Å². The summed E-state index contributed by atoms with van der Waals surface area (Å²) in [7, 11) is -3.74. The molecule has 0 heterocycles. The highest BCUT2D eigenvalue weighted by Gasteiger charge is 2.17. The van der Waals surface area contributed by atoms with Gasteiger partial charge in [-0.25, -0.2) is 17.9 Å². The Bertz CT molecular complexity index is 888. The lowest BCUT2D eigenvalue weighted by atomic mass is 10.1. The van der Waals surface area contributed by atoms with E-state index in [-0.39, 0.29) is 23.6 Å². The number of hydrogen-bond donors (Lipinski definition) is 1. The number of aryl methyl sites for hydroxylation is 1. The monoisotopic (exact) mass is 393 g/mol. The van der Waals surface area contributed by atoms with Crippen LogP contribution in [-0.2, 0) is 19.6 Å². The average molecular weight is 394 g/mol. The fraction of sp³-hybridized carbons (Fsp3) is 0.211. The average Bonchev–Trinajstić information content (AvgIpc) is 2.61. The van der Waals surface area contributed by atoms with Gasteiger partial charge >= 0.3 is 5.97 Å². The minimum atomic E-state index is -3.74. The molecule has 2 aromatic carbocycles. The summed E-state index contributed by atoms with van der Waals surface area (Å²) in [4.78, 5) is 12.3. The Labute approximate surface area is 158 Å². The third-order valence-electron chi connectivity index (χ3n) is 3.53. The van der Waals surface area contributed by atoms with Gasteiger partial charge in [0, 0.05) is 11.6 Å². The molecule has 0 fully saturated rings. The molecule has 0 saturated carbocycles. The molecule has 1 N–H and O–H groups in total. The Morgan fingerprint density at radius 3 is 2.31 bits per heavy atom. The number of halogens is 1. The van der Waals surface area contributed by atoms with E-state index in [1.165, 1.54) is 12.1 Å². The summed E-state index contributed by atoms with van der Waals surface area (Å²) >= 11 is 5.86. The van der Waals surface area contributed by atoms with Crippen LogP contribution in [0.15, 0.2) is 59.0 Å². The highest BCUT2D eigenvalue weighted by atomic mass is 35.5. The Morgan fingerprint density at radius 1 is 1.12 bits per heavy atom.